The molecule has 0 amide bonds. The summed E-state index contributed by atoms with van der Waals surface area (Å²) in [6, 6.07) is 18.5. The van der Waals surface area contributed by atoms with Gasteiger partial charge < -0.3 is 15.5 Å². The molecule has 0 bridgehead atoms. The average Bonchev–Trinajstić information content (AvgIpc) is 2.58. The van der Waals surface area contributed by atoms with Crippen LogP contribution in [0.25, 0.3) is 12.2 Å². The standard InChI is InChI=1S/C21H20N2O2/c1-15-3-2-4-19(23-15)14-22-18-9-7-16(8-10-18)5-6-17-11-20(24)13-21(25)12-17/h2-13,22,24-25H,14H2,1H3/b6-5+. The van der Waals surface area contributed by atoms with Crippen LogP contribution in [0.2, 0.25) is 0 Å². The number of aromatic nitrogens is 1. The van der Waals surface area contributed by atoms with Crippen molar-refractivity contribution in [3.8, 4) is 11.5 Å². The van der Waals surface area contributed by atoms with E-state index < -0.39 is 0 Å². The molecule has 2 aromatic carbocycles. The minimum atomic E-state index is 0.0453. The molecule has 3 N–H and O–H groups in total. The van der Waals surface area contributed by atoms with Gasteiger partial charge in [-0.05, 0) is 54.4 Å². The SMILES string of the molecule is Cc1cccc(CNc2ccc(/C=C/c3cc(O)cc(O)c3)cc2)n1. The molecule has 1 aromatic heterocycles. The molecule has 3 rings (SSSR count). The van der Waals surface area contributed by atoms with E-state index in [0.29, 0.717) is 6.54 Å². The summed E-state index contributed by atoms with van der Waals surface area (Å²) in [5.74, 6) is 0.0907. The van der Waals surface area contributed by atoms with Crippen LogP contribution in [0.15, 0.2) is 60.7 Å². The smallest absolute Gasteiger partial charge is 0.119 e. The second kappa shape index (κ2) is 7.53. The molecule has 0 aliphatic heterocycles. The van der Waals surface area contributed by atoms with Gasteiger partial charge in [0.05, 0.1) is 12.2 Å². The van der Waals surface area contributed by atoms with E-state index >= 15 is 0 Å². The Balaban J connectivity index is 1.62. The molecular weight excluding hydrogens is 312 g/mol. The quantitative estimate of drug-likeness (QED) is 0.598. The second-order valence-corrected chi connectivity index (χ2v) is 5.86. The highest BCUT2D eigenvalue weighted by Crippen LogP contribution is 2.22. The maximum Gasteiger partial charge on any atom is 0.119 e. The number of aryl methyl sites for hydroxylation is 1. The molecule has 0 fully saturated rings. The van der Waals surface area contributed by atoms with Crippen LogP contribution in [0.1, 0.15) is 22.5 Å². The van der Waals surface area contributed by atoms with Gasteiger partial charge in [-0.1, -0.05) is 30.4 Å². The van der Waals surface area contributed by atoms with Crippen LogP contribution >= 0.6 is 0 Å². The van der Waals surface area contributed by atoms with Crippen LogP contribution in [0.5, 0.6) is 11.5 Å². The number of nitrogens with one attached hydrogen (secondary N) is 1. The Hall–Kier alpha value is -3.27. The molecule has 0 aliphatic carbocycles. The highest BCUT2D eigenvalue weighted by Gasteiger charge is 1.98. The number of hydrogen-bond acceptors (Lipinski definition) is 4. The van der Waals surface area contributed by atoms with Crippen molar-refractivity contribution in [2.75, 3.05) is 5.32 Å². The van der Waals surface area contributed by atoms with Gasteiger partial charge in [0, 0.05) is 17.4 Å². The first-order valence-corrected chi connectivity index (χ1v) is 8.06. The molecule has 0 saturated carbocycles. The van der Waals surface area contributed by atoms with Gasteiger partial charge in [-0.2, -0.15) is 0 Å². The lowest BCUT2D eigenvalue weighted by atomic mass is 10.1. The Bertz CT molecular complexity index is 866. The molecule has 0 spiro atoms. The summed E-state index contributed by atoms with van der Waals surface area (Å²) in [6.07, 6.45) is 3.78. The topological polar surface area (TPSA) is 65.4 Å². The van der Waals surface area contributed by atoms with Crippen LogP contribution in [-0.2, 0) is 6.54 Å². The van der Waals surface area contributed by atoms with Gasteiger partial charge in [0.15, 0.2) is 0 Å². The van der Waals surface area contributed by atoms with E-state index in [1.54, 1.807) is 12.1 Å². The van der Waals surface area contributed by atoms with E-state index in [9.17, 15) is 10.2 Å². The Morgan fingerprint density at radius 3 is 2.24 bits per heavy atom. The van der Waals surface area contributed by atoms with E-state index in [1.807, 2.05) is 61.5 Å². The molecule has 25 heavy (non-hydrogen) atoms. The van der Waals surface area contributed by atoms with Crippen molar-refractivity contribution in [2.45, 2.75) is 13.5 Å². The van der Waals surface area contributed by atoms with Crippen molar-refractivity contribution < 1.29 is 10.2 Å². The number of pyridine rings is 1. The molecule has 0 atom stereocenters. The number of aromatic hydroxyl groups is 2. The fraction of sp³-hybridized carbons (Fsp3) is 0.0952. The van der Waals surface area contributed by atoms with E-state index in [-0.39, 0.29) is 11.5 Å². The van der Waals surface area contributed by atoms with Crippen LogP contribution in [0, 0.1) is 6.92 Å². The molecule has 1 heterocycles. The van der Waals surface area contributed by atoms with Gasteiger partial charge in [-0.15, -0.1) is 0 Å². The third-order valence-electron chi connectivity index (χ3n) is 3.72. The molecule has 126 valence electrons. The molecule has 0 radical (unpaired) electrons. The monoisotopic (exact) mass is 332 g/mol. The number of hydrogen-bond donors (Lipinski definition) is 3. The zero-order valence-corrected chi connectivity index (χ0v) is 14.0. The summed E-state index contributed by atoms with van der Waals surface area (Å²) in [4.78, 5) is 4.47. The fourth-order valence-electron chi connectivity index (χ4n) is 2.51. The third kappa shape index (κ3) is 4.85. The van der Waals surface area contributed by atoms with Crippen molar-refractivity contribution in [1.82, 2.24) is 4.98 Å². The van der Waals surface area contributed by atoms with E-state index in [0.717, 1.165) is 28.2 Å². The first-order chi connectivity index (χ1) is 12.1. The van der Waals surface area contributed by atoms with E-state index in [4.69, 9.17) is 0 Å². The molecule has 0 saturated heterocycles. The molecule has 4 heteroatoms. The van der Waals surface area contributed by atoms with Crippen LogP contribution in [0.3, 0.4) is 0 Å². The van der Waals surface area contributed by atoms with Crippen LogP contribution in [0.4, 0.5) is 5.69 Å². The maximum atomic E-state index is 9.49. The molecule has 4 nitrogen and oxygen atoms in total. The van der Waals surface area contributed by atoms with Gasteiger partial charge in [0.1, 0.15) is 11.5 Å². The zero-order valence-electron chi connectivity index (χ0n) is 14.0. The number of anilines is 1. The van der Waals surface area contributed by atoms with E-state index in [2.05, 4.69) is 10.3 Å². The summed E-state index contributed by atoms with van der Waals surface area (Å²) < 4.78 is 0. The number of phenols is 2. The average molecular weight is 332 g/mol. The van der Waals surface area contributed by atoms with Crippen molar-refractivity contribution in [3.05, 3.63) is 83.2 Å². The minimum Gasteiger partial charge on any atom is -0.508 e. The first kappa shape index (κ1) is 16.6. The Kier molecular flexibility index (Phi) is 5.00. The second-order valence-electron chi connectivity index (χ2n) is 5.86. The van der Waals surface area contributed by atoms with Crippen molar-refractivity contribution in [3.63, 3.8) is 0 Å². The predicted octanol–water partition coefficient (Wildman–Crippen LogP) is 4.58. The Labute approximate surface area is 147 Å². The summed E-state index contributed by atoms with van der Waals surface area (Å²) in [6.45, 7) is 2.66. The van der Waals surface area contributed by atoms with Crippen molar-refractivity contribution in [1.29, 1.82) is 0 Å². The summed E-state index contributed by atoms with van der Waals surface area (Å²) >= 11 is 0. The highest BCUT2D eigenvalue weighted by molar-refractivity contribution is 5.71. The van der Waals surface area contributed by atoms with E-state index in [1.165, 1.54) is 6.07 Å². The summed E-state index contributed by atoms with van der Waals surface area (Å²) in [5, 5.41) is 22.3. The summed E-state index contributed by atoms with van der Waals surface area (Å²) in [5.41, 5.74) is 4.81. The van der Waals surface area contributed by atoms with Gasteiger partial charge >= 0.3 is 0 Å². The predicted molar refractivity (Wildman–Crippen MR) is 101 cm³/mol. The summed E-state index contributed by atoms with van der Waals surface area (Å²) in [7, 11) is 0. The maximum absolute atomic E-state index is 9.49. The molecule has 0 unspecified atom stereocenters. The zero-order chi connectivity index (χ0) is 17.6. The van der Waals surface area contributed by atoms with Gasteiger partial charge in [0.2, 0.25) is 0 Å². The number of phenolic OH excluding ortho intramolecular Hbond substituents is 2. The third-order valence-corrected chi connectivity index (χ3v) is 3.72. The lowest BCUT2D eigenvalue weighted by Crippen LogP contribution is -2.01. The van der Waals surface area contributed by atoms with Crippen molar-refractivity contribution >= 4 is 17.8 Å². The highest BCUT2D eigenvalue weighted by atomic mass is 16.3. The van der Waals surface area contributed by atoms with Gasteiger partial charge in [-0.3, -0.25) is 4.98 Å². The largest absolute Gasteiger partial charge is 0.508 e. The van der Waals surface area contributed by atoms with Crippen molar-refractivity contribution in [2.24, 2.45) is 0 Å². The lowest BCUT2D eigenvalue weighted by molar-refractivity contribution is 0.450. The fourth-order valence-corrected chi connectivity index (χ4v) is 2.51. The minimum absolute atomic E-state index is 0.0453. The number of rotatable bonds is 5. The molecule has 0 aliphatic rings. The number of benzene rings is 2. The normalized spacial score (nSPS) is 10.9. The Morgan fingerprint density at radius 1 is 0.880 bits per heavy atom. The molecule has 3 aromatic rings. The Morgan fingerprint density at radius 2 is 1.56 bits per heavy atom. The number of nitrogens with zero attached hydrogens (tertiary/aromatic N) is 1. The van der Waals surface area contributed by atoms with Crippen LogP contribution < -0.4 is 5.32 Å². The van der Waals surface area contributed by atoms with Crippen LogP contribution in [-0.4, -0.2) is 15.2 Å². The molecular formula is C21H20N2O2. The van der Waals surface area contributed by atoms with Gasteiger partial charge in [0.25, 0.3) is 0 Å². The lowest BCUT2D eigenvalue weighted by Gasteiger charge is -2.07. The van der Waals surface area contributed by atoms with Gasteiger partial charge in [-0.25, -0.2) is 0 Å². The first-order valence-electron chi connectivity index (χ1n) is 8.06.